The van der Waals surface area contributed by atoms with Gasteiger partial charge in [0.25, 0.3) is 0 Å². The second-order valence-corrected chi connectivity index (χ2v) is 6.92. The molecular weight excluding hydrogens is 375 g/mol. The predicted molar refractivity (Wildman–Crippen MR) is 109 cm³/mol. The molecule has 0 spiro atoms. The lowest BCUT2D eigenvalue weighted by atomic mass is 10.0. The third kappa shape index (κ3) is 4.42. The number of hydrogen-bond donors (Lipinski definition) is 2. The Labute approximate surface area is 166 Å². The number of alkyl halides is 3. The number of hydrogen-bond acceptors (Lipinski definition) is 2. The summed E-state index contributed by atoms with van der Waals surface area (Å²) >= 11 is 0. The van der Waals surface area contributed by atoms with Crippen molar-refractivity contribution in [2.45, 2.75) is 19.0 Å². The van der Waals surface area contributed by atoms with Crippen molar-refractivity contribution < 1.29 is 13.2 Å². The normalized spacial score (nSPS) is 11.7. The lowest BCUT2D eigenvalue weighted by molar-refractivity contribution is -0.137. The van der Waals surface area contributed by atoms with E-state index in [1.165, 1.54) is 12.1 Å². The fourth-order valence-electron chi connectivity index (χ4n) is 3.56. The van der Waals surface area contributed by atoms with Crippen molar-refractivity contribution in [1.82, 2.24) is 9.97 Å². The third-order valence-electron chi connectivity index (χ3n) is 4.92. The number of rotatable bonds is 6. The first kappa shape index (κ1) is 19.1. The van der Waals surface area contributed by atoms with E-state index in [1.807, 2.05) is 36.4 Å². The average molecular weight is 395 g/mol. The molecule has 2 aromatic heterocycles. The van der Waals surface area contributed by atoms with Gasteiger partial charge in [-0.25, -0.2) is 0 Å². The van der Waals surface area contributed by atoms with Gasteiger partial charge in [-0.2, -0.15) is 13.2 Å². The van der Waals surface area contributed by atoms with Crippen LogP contribution < -0.4 is 5.32 Å². The standard InChI is InChI=1S/C23H20F3N3/c24-23(25,26)17-5-3-4-16(14-17)15-22-20(19-6-1-2-7-21(19)29-22)10-13-28-18-8-11-27-12-9-18/h1-9,11-12,14,29H,10,13,15H2,(H,27,28). The minimum absolute atomic E-state index is 0.420. The molecule has 0 saturated heterocycles. The summed E-state index contributed by atoms with van der Waals surface area (Å²) in [5.74, 6) is 0. The number of anilines is 1. The van der Waals surface area contributed by atoms with Crippen molar-refractivity contribution in [3.8, 4) is 0 Å². The van der Waals surface area contributed by atoms with Crippen LogP contribution in [0.15, 0.2) is 73.1 Å². The van der Waals surface area contributed by atoms with E-state index in [0.29, 0.717) is 18.5 Å². The Morgan fingerprint density at radius 2 is 1.72 bits per heavy atom. The maximum absolute atomic E-state index is 13.1. The molecule has 0 bridgehead atoms. The molecule has 0 unspecified atom stereocenters. The van der Waals surface area contributed by atoms with Gasteiger partial charge in [0.15, 0.2) is 0 Å². The summed E-state index contributed by atoms with van der Waals surface area (Å²) in [6, 6.07) is 17.3. The number of pyridine rings is 1. The Morgan fingerprint density at radius 1 is 0.931 bits per heavy atom. The molecule has 6 heteroatoms. The Balaban J connectivity index is 1.60. The molecule has 4 rings (SSSR count). The van der Waals surface area contributed by atoms with E-state index in [0.717, 1.165) is 40.3 Å². The van der Waals surface area contributed by atoms with Crippen LogP contribution in [0.5, 0.6) is 0 Å². The maximum atomic E-state index is 13.1. The largest absolute Gasteiger partial charge is 0.416 e. The molecule has 29 heavy (non-hydrogen) atoms. The lowest BCUT2D eigenvalue weighted by Crippen LogP contribution is -2.07. The van der Waals surface area contributed by atoms with Crippen LogP contribution in [-0.4, -0.2) is 16.5 Å². The highest BCUT2D eigenvalue weighted by atomic mass is 19.4. The monoisotopic (exact) mass is 395 g/mol. The van der Waals surface area contributed by atoms with E-state index < -0.39 is 11.7 Å². The fraction of sp³-hybridized carbons (Fsp3) is 0.174. The van der Waals surface area contributed by atoms with Gasteiger partial charge in [0.1, 0.15) is 0 Å². The van der Waals surface area contributed by atoms with E-state index in [1.54, 1.807) is 18.5 Å². The third-order valence-corrected chi connectivity index (χ3v) is 4.92. The van der Waals surface area contributed by atoms with Crippen molar-refractivity contribution in [3.63, 3.8) is 0 Å². The fourth-order valence-corrected chi connectivity index (χ4v) is 3.56. The molecule has 0 atom stereocenters. The Morgan fingerprint density at radius 3 is 2.52 bits per heavy atom. The van der Waals surface area contributed by atoms with Crippen molar-refractivity contribution in [2.24, 2.45) is 0 Å². The van der Waals surface area contributed by atoms with Gasteiger partial charge in [0, 0.05) is 47.6 Å². The number of benzene rings is 2. The van der Waals surface area contributed by atoms with Crippen LogP contribution in [-0.2, 0) is 19.0 Å². The van der Waals surface area contributed by atoms with Crippen LogP contribution in [0.25, 0.3) is 10.9 Å². The Bertz CT molecular complexity index is 1100. The number of aromatic nitrogens is 2. The van der Waals surface area contributed by atoms with Crippen LogP contribution in [0.3, 0.4) is 0 Å². The molecule has 0 saturated carbocycles. The van der Waals surface area contributed by atoms with Crippen LogP contribution >= 0.6 is 0 Å². The summed E-state index contributed by atoms with van der Waals surface area (Å²) in [4.78, 5) is 7.40. The first-order chi connectivity index (χ1) is 14.0. The zero-order valence-corrected chi connectivity index (χ0v) is 15.6. The summed E-state index contributed by atoms with van der Waals surface area (Å²) in [5.41, 5.74) is 4.07. The van der Waals surface area contributed by atoms with Gasteiger partial charge < -0.3 is 10.3 Å². The average Bonchev–Trinajstić information content (AvgIpc) is 3.06. The number of H-pyrrole nitrogens is 1. The number of aromatic amines is 1. The SMILES string of the molecule is FC(F)(F)c1cccc(Cc2[nH]c3ccccc3c2CCNc2ccncc2)c1. The zero-order chi connectivity index (χ0) is 20.3. The van der Waals surface area contributed by atoms with Crippen LogP contribution in [0.2, 0.25) is 0 Å². The Kier molecular flexibility index (Phi) is 5.25. The summed E-state index contributed by atoms with van der Waals surface area (Å²) in [6.45, 7) is 0.710. The van der Waals surface area contributed by atoms with Crippen molar-refractivity contribution in [1.29, 1.82) is 0 Å². The molecule has 4 aromatic rings. The minimum Gasteiger partial charge on any atom is -0.385 e. The molecule has 0 amide bonds. The van der Waals surface area contributed by atoms with Crippen molar-refractivity contribution in [3.05, 3.63) is 95.4 Å². The first-order valence-corrected chi connectivity index (χ1v) is 9.39. The van der Waals surface area contributed by atoms with E-state index in [2.05, 4.69) is 15.3 Å². The van der Waals surface area contributed by atoms with Crippen LogP contribution in [0.1, 0.15) is 22.4 Å². The second kappa shape index (κ2) is 7.99. The van der Waals surface area contributed by atoms with E-state index in [9.17, 15) is 13.2 Å². The number of nitrogens with zero attached hydrogens (tertiary/aromatic N) is 1. The highest BCUT2D eigenvalue weighted by molar-refractivity contribution is 5.84. The van der Waals surface area contributed by atoms with E-state index in [-0.39, 0.29) is 0 Å². The topological polar surface area (TPSA) is 40.7 Å². The van der Waals surface area contributed by atoms with Gasteiger partial charge in [-0.3, -0.25) is 4.98 Å². The molecule has 0 radical (unpaired) electrons. The number of fused-ring (bicyclic) bond motifs is 1. The first-order valence-electron chi connectivity index (χ1n) is 9.39. The van der Waals surface area contributed by atoms with Gasteiger partial charge in [-0.15, -0.1) is 0 Å². The number of halogens is 3. The summed E-state index contributed by atoms with van der Waals surface area (Å²) in [6.07, 6.45) is 0.289. The molecule has 0 fully saturated rings. The summed E-state index contributed by atoms with van der Waals surface area (Å²) < 4.78 is 39.2. The quantitative estimate of drug-likeness (QED) is 0.431. The Hall–Kier alpha value is -3.28. The zero-order valence-electron chi connectivity index (χ0n) is 15.6. The van der Waals surface area contributed by atoms with Gasteiger partial charge in [0.2, 0.25) is 0 Å². The van der Waals surface area contributed by atoms with Crippen LogP contribution in [0.4, 0.5) is 18.9 Å². The van der Waals surface area contributed by atoms with Crippen molar-refractivity contribution in [2.75, 3.05) is 11.9 Å². The summed E-state index contributed by atoms with van der Waals surface area (Å²) in [7, 11) is 0. The highest BCUT2D eigenvalue weighted by Crippen LogP contribution is 2.31. The molecule has 0 aliphatic heterocycles. The van der Waals surface area contributed by atoms with Gasteiger partial charge in [-0.1, -0.05) is 36.4 Å². The second-order valence-electron chi connectivity index (χ2n) is 6.92. The van der Waals surface area contributed by atoms with E-state index >= 15 is 0 Å². The smallest absolute Gasteiger partial charge is 0.385 e. The molecular formula is C23H20F3N3. The molecule has 3 nitrogen and oxygen atoms in total. The molecule has 0 aliphatic carbocycles. The minimum atomic E-state index is -4.34. The number of para-hydroxylation sites is 1. The van der Waals surface area contributed by atoms with Gasteiger partial charge >= 0.3 is 6.18 Å². The lowest BCUT2D eigenvalue weighted by Gasteiger charge is -2.10. The molecule has 2 N–H and O–H groups in total. The van der Waals surface area contributed by atoms with Gasteiger partial charge in [0.05, 0.1) is 5.56 Å². The molecule has 0 aliphatic rings. The summed E-state index contributed by atoms with van der Waals surface area (Å²) in [5, 5.41) is 4.47. The number of nitrogens with one attached hydrogen (secondary N) is 2. The van der Waals surface area contributed by atoms with E-state index in [4.69, 9.17) is 0 Å². The molecule has 148 valence electrons. The van der Waals surface area contributed by atoms with Crippen molar-refractivity contribution >= 4 is 16.6 Å². The van der Waals surface area contributed by atoms with Crippen LogP contribution in [0, 0.1) is 0 Å². The predicted octanol–water partition coefficient (Wildman–Crippen LogP) is 5.83. The highest BCUT2D eigenvalue weighted by Gasteiger charge is 2.30. The van der Waals surface area contributed by atoms with Gasteiger partial charge in [-0.05, 0) is 41.8 Å². The molecule has 2 aromatic carbocycles. The molecule has 2 heterocycles. The maximum Gasteiger partial charge on any atom is 0.416 e.